The number of fused-ring (bicyclic) bond motifs is 4. The summed E-state index contributed by atoms with van der Waals surface area (Å²) in [6.45, 7) is 15.1. The number of H-pyrrole nitrogens is 2. The molecule has 3 N–H and O–H groups in total. The van der Waals surface area contributed by atoms with E-state index in [-0.39, 0.29) is 12.4 Å². The molecule has 0 spiro atoms. The van der Waals surface area contributed by atoms with Crippen LogP contribution in [0.1, 0.15) is 80.9 Å². The van der Waals surface area contributed by atoms with Gasteiger partial charge in [0.15, 0.2) is 29.1 Å². The molecule has 416 valence electrons. The van der Waals surface area contributed by atoms with Crippen molar-refractivity contribution >= 4 is 11.6 Å². The van der Waals surface area contributed by atoms with Crippen LogP contribution in [-0.2, 0) is 32.5 Å². The fourth-order valence-corrected chi connectivity index (χ4v) is 11.7. The Labute approximate surface area is 473 Å². The van der Waals surface area contributed by atoms with E-state index < -0.39 is 0 Å². The van der Waals surface area contributed by atoms with Crippen LogP contribution in [0.3, 0.4) is 0 Å². The number of pyridine rings is 4. The molecule has 0 aliphatic carbocycles. The molecule has 16 rings (SSSR count). The summed E-state index contributed by atoms with van der Waals surface area (Å²) in [6.07, 6.45) is 14.5. The van der Waals surface area contributed by atoms with Gasteiger partial charge >= 0.3 is 0 Å². The number of nitrogens with zero attached hydrogens (tertiary/aromatic N) is 18. The molecule has 0 saturated carbocycles. The zero-order valence-corrected chi connectivity index (χ0v) is 46.4. The van der Waals surface area contributed by atoms with E-state index in [1.807, 2.05) is 95.1 Å². The van der Waals surface area contributed by atoms with E-state index in [1.54, 1.807) is 17.7 Å². The number of nitrogens with one attached hydrogen (secondary N) is 2. The summed E-state index contributed by atoms with van der Waals surface area (Å²) >= 11 is 0. The zero-order valence-electron chi connectivity index (χ0n) is 46.4. The topological polar surface area (TPSA) is 229 Å². The number of aromatic nitrogens is 16. The summed E-state index contributed by atoms with van der Waals surface area (Å²) in [5, 5.41) is 32.4. The molecule has 6 aliphatic heterocycles. The lowest BCUT2D eigenvalue weighted by Crippen LogP contribution is -2.68. The van der Waals surface area contributed by atoms with Crippen LogP contribution in [0.5, 0.6) is 0 Å². The second-order valence-electron chi connectivity index (χ2n) is 22.1. The Balaban J connectivity index is 0.000000154. The quantitative estimate of drug-likeness (QED) is 0.0942. The third kappa shape index (κ3) is 11.2. The molecule has 4 bridgehead atoms. The summed E-state index contributed by atoms with van der Waals surface area (Å²) < 4.78 is 16.8. The summed E-state index contributed by atoms with van der Waals surface area (Å²) in [4.78, 5) is 47.5. The second-order valence-corrected chi connectivity index (χ2v) is 22.1. The number of piperazine rings is 2. The minimum atomic E-state index is -0.327. The maximum absolute atomic E-state index is 13.7. The van der Waals surface area contributed by atoms with Gasteiger partial charge in [0.2, 0.25) is 0 Å². The average molecular weight is 1100 g/mol. The third-order valence-electron chi connectivity index (χ3n) is 15.9. The second kappa shape index (κ2) is 22.2. The Kier molecular flexibility index (Phi) is 14.2. The maximum Gasteiger partial charge on any atom is 0.164 e. The molecule has 22 heteroatoms. The molecule has 4 unspecified atom stereocenters. The minimum absolute atomic E-state index is 0.0749. The number of hydrogen-bond donors (Lipinski definition) is 3. The summed E-state index contributed by atoms with van der Waals surface area (Å²) in [7, 11) is 0. The lowest BCUT2D eigenvalue weighted by Gasteiger charge is -2.56. The van der Waals surface area contributed by atoms with Gasteiger partial charge in [0.25, 0.3) is 0 Å². The number of rotatable bonds is 15. The molecular formula is C60H63FN20O. The number of hydrogen-bond acceptors (Lipinski definition) is 17. The summed E-state index contributed by atoms with van der Waals surface area (Å²) in [6, 6.07) is 28.2. The molecule has 0 radical (unpaired) electrons. The minimum Gasteiger partial charge on any atom is -0.390 e. The Morgan fingerprint density at radius 1 is 0.512 bits per heavy atom. The lowest BCUT2D eigenvalue weighted by molar-refractivity contribution is -0.00877. The first-order valence-electron chi connectivity index (χ1n) is 27.8. The van der Waals surface area contributed by atoms with Crippen molar-refractivity contribution in [2.24, 2.45) is 0 Å². The van der Waals surface area contributed by atoms with Gasteiger partial charge < -0.3 is 14.9 Å². The largest absolute Gasteiger partial charge is 0.390 e. The smallest absolute Gasteiger partial charge is 0.164 e. The Hall–Kier alpha value is -8.99. The fourth-order valence-electron chi connectivity index (χ4n) is 11.7. The van der Waals surface area contributed by atoms with Crippen LogP contribution < -0.4 is 9.80 Å². The van der Waals surface area contributed by atoms with Crippen LogP contribution in [0.4, 0.5) is 16.0 Å². The van der Waals surface area contributed by atoms with Crippen molar-refractivity contribution in [3.63, 3.8) is 0 Å². The van der Waals surface area contributed by atoms with Crippen LogP contribution in [0.2, 0.25) is 0 Å². The molecule has 10 aromatic rings. The molecule has 21 nitrogen and oxygen atoms in total. The van der Waals surface area contributed by atoms with Crippen LogP contribution >= 0.6 is 0 Å². The molecule has 6 saturated heterocycles. The van der Waals surface area contributed by atoms with E-state index >= 15 is 0 Å². The lowest BCUT2D eigenvalue weighted by atomic mass is 9.87. The van der Waals surface area contributed by atoms with E-state index in [4.69, 9.17) is 19.9 Å². The highest BCUT2D eigenvalue weighted by molar-refractivity contribution is 5.58. The predicted octanol–water partition coefficient (Wildman–Crippen LogP) is 6.97. The monoisotopic (exact) mass is 1100 g/mol. The molecule has 6 aliphatic rings. The molecule has 4 atom stereocenters. The standard InChI is InChI=1S/C30H31FN10.C30H32N10O/c1-18-8-23(10-24-9-19(2)36-37-24)35-30(34-18)22-5-7-28(33-13-22)39-15-25-11-26(16-39)40(25)14-21-4-6-29(32-12-21)41-17-27(31)20(3)38-41;1-19-9-24(11-25-10-20(2)35-36-25)34-30(33-19)22-4-6-28(32-14-22)38-16-26-12-27(17-38)39(26)15-21-3-5-29(31-13-21)40-8-7-23(18-41)37-40/h4-9,12-13,17,25-26H,10-11,14-16H2,1-3H3,(H,36,37);3-10,13-14,26-27,41H,11-12,15-18H2,1-2H3,(H,35,36). The normalized spacial score (nSPS) is 18.5. The third-order valence-corrected chi connectivity index (χ3v) is 15.9. The van der Waals surface area contributed by atoms with Gasteiger partial charge in [-0.05, 0) is 125 Å². The van der Waals surface area contributed by atoms with Gasteiger partial charge in [-0.15, -0.1) is 0 Å². The highest BCUT2D eigenvalue weighted by Crippen LogP contribution is 2.37. The Morgan fingerprint density at radius 3 is 1.38 bits per heavy atom. The molecule has 0 aromatic carbocycles. The number of anilines is 2. The summed E-state index contributed by atoms with van der Waals surface area (Å²) in [5.74, 6) is 4.40. The van der Waals surface area contributed by atoms with Gasteiger partial charge in [-0.25, -0.2) is 53.6 Å². The molecule has 10 aromatic heterocycles. The van der Waals surface area contributed by atoms with Gasteiger partial charge in [-0.1, -0.05) is 12.1 Å². The van der Waals surface area contributed by atoms with Crippen molar-refractivity contribution in [1.29, 1.82) is 0 Å². The zero-order chi connectivity index (χ0) is 56.0. The van der Waals surface area contributed by atoms with Crippen molar-refractivity contribution in [2.75, 3.05) is 36.0 Å². The first kappa shape index (κ1) is 52.4. The van der Waals surface area contributed by atoms with Crippen molar-refractivity contribution in [1.82, 2.24) is 89.6 Å². The predicted molar refractivity (Wildman–Crippen MR) is 305 cm³/mol. The van der Waals surface area contributed by atoms with E-state index in [2.05, 4.69) is 107 Å². The molecule has 16 heterocycles. The van der Waals surface area contributed by atoms with E-state index in [0.717, 1.165) is 119 Å². The van der Waals surface area contributed by atoms with E-state index in [1.165, 1.54) is 29.3 Å². The molecule has 6 fully saturated rings. The highest BCUT2D eigenvalue weighted by atomic mass is 19.1. The van der Waals surface area contributed by atoms with Gasteiger partial charge in [0, 0.05) is 141 Å². The number of aryl methyl sites for hydroxylation is 5. The highest BCUT2D eigenvalue weighted by Gasteiger charge is 2.46. The molecule has 82 heavy (non-hydrogen) atoms. The average Bonchev–Trinajstić information content (AvgIpc) is 4.37. The van der Waals surface area contributed by atoms with Crippen molar-refractivity contribution in [2.45, 2.75) is 104 Å². The Bertz CT molecular complexity index is 3810. The molecular weight excluding hydrogens is 1040 g/mol. The van der Waals surface area contributed by atoms with Crippen LogP contribution in [0, 0.1) is 40.4 Å². The van der Waals surface area contributed by atoms with Crippen molar-refractivity contribution < 1.29 is 9.50 Å². The van der Waals surface area contributed by atoms with Crippen LogP contribution in [-0.4, -0.2) is 145 Å². The summed E-state index contributed by atoms with van der Waals surface area (Å²) in [5.41, 5.74) is 12.9. The first-order chi connectivity index (χ1) is 39.9. The van der Waals surface area contributed by atoms with Gasteiger partial charge in [-0.3, -0.25) is 20.0 Å². The number of aliphatic hydroxyl groups is 1. The Morgan fingerprint density at radius 2 is 0.988 bits per heavy atom. The number of aromatic amines is 2. The number of piperidine rings is 2. The van der Waals surface area contributed by atoms with Crippen molar-refractivity contribution in [3.05, 3.63) is 190 Å². The first-order valence-corrected chi connectivity index (χ1v) is 27.8. The van der Waals surface area contributed by atoms with Gasteiger partial charge in [0.1, 0.15) is 11.6 Å². The van der Waals surface area contributed by atoms with E-state index in [9.17, 15) is 9.50 Å². The fraction of sp³-hybridized carbons (Fsp3) is 0.333. The van der Waals surface area contributed by atoms with Crippen LogP contribution in [0.15, 0.2) is 116 Å². The number of aliphatic hydroxyl groups excluding tert-OH is 1. The SMILES string of the molecule is Cc1cc(Cc2cc(C)[nH]n2)nc(-c2ccc(N3CC4CC(C3)N4Cc3ccc(-n4cc(F)c(C)n4)nc3)nc2)n1.Cc1cc(Cc2cc(C)[nH]n2)nc(-c2ccc(N3CC4CC(C3)N4Cc3ccc(-n4ccc(CO)n4)nc3)nc2)n1. The van der Waals surface area contributed by atoms with Gasteiger partial charge in [-0.2, -0.15) is 20.4 Å². The van der Waals surface area contributed by atoms with E-state index in [0.29, 0.717) is 65.9 Å². The van der Waals surface area contributed by atoms with Crippen molar-refractivity contribution in [3.8, 4) is 34.4 Å². The van der Waals surface area contributed by atoms with Gasteiger partial charge in [0.05, 0.1) is 47.0 Å². The maximum atomic E-state index is 13.7. The number of halogens is 1. The van der Waals surface area contributed by atoms with Crippen LogP contribution in [0.25, 0.3) is 34.4 Å². The molecule has 0 amide bonds.